The van der Waals surface area contributed by atoms with Crippen molar-refractivity contribution in [2.24, 2.45) is 5.92 Å². The van der Waals surface area contributed by atoms with Crippen LogP contribution in [0.4, 0.5) is 0 Å². The zero-order valence-electron chi connectivity index (χ0n) is 13.4. The number of carboxylic acids is 1. The standard InChI is InChI=1S/C17H17N3O4.ClH/c21-16(20-7-6-13(9-20)17(22)23)12-3-1-2-11(8-12)14-18-15(24-19-14)10-4-5-10;/h1-3,8,10,13H,4-7,9H2,(H,22,23);1H. The van der Waals surface area contributed by atoms with E-state index in [0.29, 0.717) is 36.2 Å². The van der Waals surface area contributed by atoms with Gasteiger partial charge < -0.3 is 14.5 Å². The monoisotopic (exact) mass is 363 g/mol. The van der Waals surface area contributed by atoms with E-state index in [4.69, 9.17) is 9.63 Å². The van der Waals surface area contributed by atoms with E-state index < -0.39 is 11.9 Å². The second-order valence-corrected chi connectivity index (χ2v) is 6.39. The molecule has 7 nitrogen and oxygen atoms in total. The second kappa shape index (κ2) is 6.84. The van der Waals surface area contributed by atoms with Crippen LogP contribution in [0.1, 0.15) is 41.4 Å². The molecule has 2 fully saturated rings. The molecule has 2 aliphatic rings. The van der Waals surface area contributed by atoms with Gasteiger partial charge in [-0.15, -0.1) is 12.4 Å². The van der Waals surface area contributed by atoms with Crippen LogP contribution in [0.3, 0.4) is 0 Å². The third kappa shape index (κ3) is 3.51. The van der Waals surface area contributed by atoms with Gasteiger partial charge in [-0.3, -0.25) is 9.59 Å². The lowest BCUT2D eigenvalue weighted by Gasteiger charge is -2.16. The number of hydrogen-bond donors (Lipinski definition) is 1. The van der Waals surface area contributed by atoms with E-state index in [1.54, 1.807) is 23.1 Å². The molecule has 1 N–H and O–H groups in total. The molecular weight excluding hydrogens is 346 g/mol. The van der Waals surface area contributed by atoms with Crippen LogP contribution in [0.5, 0.6) is 0 Å². The SMILES string of the molecule is Cl.O=C(O)C1CCN(C(=O)c2cccc(-c3noc(C4CC4)n3)c2)C1. The lowest BCUT2D eigenvalue weighted by Crippen LogP contribution is -2.29. The maximum atomic E-state index is 12.6. The molecule has 1 saturated carbocycles. The summed E-state index contributed by atoms with van der Waals surface area (Å²) in [7, 11) is 0. The number of hydrogen-bond acceptors (Lipinski definition) is 5. The maximum absolute atomic E-state index is 12.6. The summed E-state index contributed by atoms with van der Waals surface area (Å²) in [5.41, 5.74) is 1.24. The summed E-state index contributed by atoms with van der Waals surface area (Å²) in [6.07, 6.45) is 2.66. The molecule has 2 heterocycles. The number of aromatic nitrogens is 2. The lowest BCUT2D eigenvalue weighted by molar-refractivity contribution is -0.141. The first-order valence-electron chi connectivity index (χ1n) is 8.08. The molecule has 1 aliphatic carbocycles. The Hall–Kier alpha value is -2.41. The number of halogens is 1. The van der Waals surface area contributed by atoms with Crippen LogP contribution < -0.4 is 0 Å². The molecule has 132 valence electrons. The number of amides is 1. The number of nitrogens with zero attached hydrogens (tertiary/aromatic N) is 3. The smallest absolute Gasteiger partial charge is 0.308 e. The Morgan fingerprint density at radius 2 is 2.04 bits per heavy atom. The highest BCUT2D eigenvalue weighted by Gasteiger charge is 2.32. The van der Waals surface area contributed by atoms with Gasteiger partial charge in [-0.25, -0.2) is 0 Å². The number of carbonyl (C=O) groups excluding carboxylic acids is 1. The van der Waals surface area contributed by atoms with Gasteiger partial charge in [0.25, 0.3) is 5.91 Å². The van der Waals surface area contributed by atoms with E-state index >= 15 is 0 Å². The van der Waals surface area contributed by atoms with Crippen LogP contribution >= 0.6 is 12.4 Å². The minimum Gasteiger partial charge on any atom is -0.481 e. The number of rotatable bonds is 4. The normalized spacial score (nSPS) is 19.5. The van der Waals surface area contributed by atoms with E-state index in [-0.39, 0.29) is 24.9 Å². The van der Waals surface area contributed by atoms with Crippen LogP contribution in [-0.4, -0.2) is 45.1 Å². The van der Waals surface area contributed by atoms with Gasteiger partial charge in [0, 0.05) is 30.1 Å². The molecule has 4 rings (SSSR count). The highest BCUT2D eigenvalue weighted by atomic mass is 35.5. The van der Waals surface area contributed by atoms with E-state index in [1.807, 2.05) is 6.07 Å². The molecule has 2 aromatic rings. The minimum atomic E-state index is -0.849. The van der Waals surface area contributed by atoms with E-state index in [1.165, 1.54) is 0 Å². The highest BCUT2D eigenvalue weighted by Crippen LogP contribution is 2.39. The van der Waals surface area contributed by atoms with Crippen molar-refractivity contribution in [3.8, 4) is 11.4 Å². The Morgan fingerprint density at radius 1 is 1.24 bits per heavy atom. The van der Waals surface area contributed by atoms with Crippen molar-refractivity contribution in [1.82, 2.24) is 15.0 Å². The average Bonchev–Trinajstić information content (AvgIpc) is 3.13. The van der Waals surface area contributed by atoms with E-state index in [2.05, 4.69) is 10.1 Å². The molecule has 25 heavy (non-hydrogen) atoms. The van der Waals surface area contributed by atoms with Gasteiger partial charge in [-0.2, -0.15) is 4.98 Å². The quantitative estimate of drug-likeness (QED) is 0.896. The minimum absolute atomic E-state index is 0. The number of benzene rings is 1. The van der Waals surface area contributed by atoms with Crippen molar-refractivity contribution < 1.29 is 19.2 Å². The summed E-state index contributed by atoms with van der Waals surface area (Å²) in [6.45, 7) is 0.723. The fraction of sp³-hybridized carbons (Fsp3) is 0.412. The molecule has 1 atom stereocenters. The summed E-state index contributed by atoms with van der Waals surface area (Å²) in [5, 5.41) is 13.1. The molecule has 1 aromatic carbocycles. The van der Waals surface area contributed by atoms with Crippen molar-refractivity contribution in [2.75, 3.05) is 13.1 Å². The molecule has 1 unspecified atom stereocenters. The molecule has 0 bridgehead atoms. The Bertz CT molecular complexity index is 803. The average molecular weight is 364 g/mol. The Morgan fingerprint density at radius 3 is 2.72 bits per heavy atom. The molecule has 1 aromatic heterocycles. The van der Waals surface area contributed by atoms with Gasteiger partial charge in [0.2, 0.25) is 11.7 Å². The van der Waals surface area contributed by atoms with Crippen LogP contribution in [0.25, 0.3) is 11.4 Å². The first kappa shape index (κ1) is 17.4. The van der Waals surface area contributed by atoms with Crippen molar-refractivity contribution in [1.29, 1.82) is 0 Å². The van der Waals surface area contributed by atoms with Crippen LogP contribution in [0.15, 0.2) is 28.8 Å². The third-order valence-corrected chi connectivity index (χ3v) is 4.56. The predicted molar refractivity (Wildman–Crippen MR) is 90.6 cm³/mol. The van der Waals surface area contributed by atoms with Crippen molar-refractivity contribution in [3.63, 3.8) is 0 Å². The van der Waals surface area contributed by atoms with Crippen molar-refractivity contribution in [2.45, 2.75) is 25.2 Å². The van der Waals surface area contributed by atoms with Crippen molar-refractivity contribution >= 4 is 24.3 Å². The number of aliphatic carboxylic acids is 1. The molecule has 0 radical (unpaired) electrons. The molecular formula is C17H18ClN3O4. The predicted octanol–water partition coefficient (Wildman–Crippen LogP) is 2.58. The molecule has 8 heteroatoms. The van der Waals surface area contributed by atoms with Gasteiger partial charge in [0.1, 0.15) is 0 Å². The number of carboxylic acid groups (broad SMARTS) is 1. The first-order chi connectivity index (χ1) is 11.6. The zero-order chi connectivity index (χ0) is 16.7. The second-order valence-electron chi connectivity index (χ2n) is 6.39. The Kier molecular flexibility index (Phi) is 4.76. The van der Waals surface area contributed by atoms with Crippen LogP contribution in [-0.2, 0) is 4.79 Å². The van der Waals surface area contributed by atoms with Gasteiger partial charge in [0.05, 0.1) is 5.92 Å². The lowest BCUT2D eigenvalue weighted by atomic mass is 10.1. The third-order valence-electron chi connectivity index (χ3n) is 4.56. The summed E-state index contributed by atoms with van der Waals surface area (Å²) in [4.78, 5) is 29.6. The van der Waals surface area contributed by atoms with Crippen LogP contribution in [0, 0.1) is 5.92 Å². The van der Waals surface area contributed by atoms with Crippen molar-refractivity contribution in [3.05, 3.63) is 35.7 Å². The summed E-state index contributed by atoms with van der Waals surface area (Å²) < 4.78 is 5.26. The Labute approximate surface area is 150 Å². The largest absolute Gasteiger partial charge is 0.481 e. The van der Waals surface area contributed by atoms with Gasteiger partial charge in [0.15, 0.2) is 0 Å². The summed E-state index contributed by atoms with van der Waals surface area (Å²) >= 11 is 0. The number of carbonyl (C=O) groups is 2. The van der Waals surface area contributed by atoms with Gasteiger partial charge in [-0.05, 0) is 31.4 Å². The molecule has 1 saturated heterocycles. The fourth-order valence-corrected chi connectivity index (χ4v) is 2.97. The zero-order valence-corrected chi connectivity index (χ0v) is 14.2. The Balaban J connectivity index is 0.00000182. The number of likely N-dealkylation sites (tertiary alicyclic amines) is 1. The topological polar surface area (TPSA) is 96.5 Å². The summed E-state index contributed by atoms with van der Waals surface area (Å²) in [6, 6.07) is 7.07. The highest BCUT2D eigenvalue weighted by molar-refractivity contribution is 5.95. The molecule has 1 aliphatic heterocycles. The van der Waals surface area contributed by atoms with Crippen LogP contribution in [0.2, 0.25) is 0 Å². The summed E-state index contributed by atoms with van der Waals surface area (Å²) in [5.74, 6) is 0.0379. The van der Waals surface area contributed by atoms with Gasteiger partial charge >= 0.3 is 5.97 Å². The van der Waals surface area contributed by atoms with Gasteiger partial charge in [-0.1, -0.05) is 17.3 Å². The molecule has 0 spiro atoms. The maximum Gasteiger partial charge on any atom is 0.308 e. The molecule has 1 amide bonds. The first-order valence-corrected chi connectivity index (χ1v) is 8.08. The van der Waals surface area contributed by atoms with E-state index in [0.717, 1.165) is 18.4 Å². The van der Waals surface area contributed by atoms with E-state index in [9.17, 15) is 9.59 Å². The fourth-order valence-electron chi connectivity index (χ4n) is 2.97.